The van der Waals surface area contributed by atoms with Gasteiger partial charge >= 0.3 is 5.97 Å². The number of rotatable bonds is 8. The SMILES string of the molecule is COc1cc(C(=O)O)ccc1OCC(=O)NCCc1ccc2c(c1)OCCO2. The third-order valence-electron chi connectivity index (χ3n) is 4.11. The standard InChI is InChI=1S/C20H21NO7/c1-25-17-11-14(20(23)24)3-5-15(17)28-12-19(22)21-7-6-13-2-4-16-18(10-13)27-9-8-26-16/h2-5,10-11H,6-9,12H2,1H3,(H,21,22)(H,23,24). The second kappa shape index (κ2) is 8.98. The van der Waals surface area contributed by atoms with Gasteiger partial charge in [0.2, 0.25) is 0 Å². The molecule has 0 radical (unpaired) electrons. The van der Waals surface area contributed by atoms with Crippen LogP contribution in [0.2, 0.25) is 0 Å². The Labute approximate surface area is 162 Å². The summed E-state index contributed by atoms with van der Waals surface area (Å²) in [6.45, 7) is 1.31. The molecule has 28 heavy (non-hydrogen) atoms. The van der Waals surface area contributed by atoms with Crippen LogP contribution in [0.3, 0.4) is 0 Å². The molecule has 1 amide bonds. The molecular formula is C20H21NO7. The molecule has 0 unspecified atom stereocenters. The van der Waals surface area contributed by atoms with Crippen molar-refractivity contribution in [1.29, 1.82) is 0 Å². The molecule has 1 heterocycles. The first-order valence-corrected chi connectivity index (χ1v) is 8.76. The Morgan fingerprint density at radius 2 is 1.86 bits per heavy atom. The molecule has 2 aromatic carbocycles. The average molecular weight is 387 g/mol. The number of carbonyl (C=O) groups is 2. The van der Waals surface area contributed by atoms with E-state index < -0.39 is 5.97 Å². The van der Waals surface area contributed by atoms with Crippen LogP contribution >= 0.6 is 0 Å². The number of hydrogen-bond acceptors (Lipinski definition) is 6. The number of methoxy groups -OCH3 is 1. The van der Waals surface area contributed by atoms with E-state index in [-0.39, 0.29) is 23.8 Å². The number of carboxylic acid groups (broad SMARTS) is 1. The summed E-state index contributed by atoms with van der Waals surface area (Å²) in [5, 5.41) is 11.8. The van der Waals surface area contributed by atoms with Crippen LogP contribution in [0.1, 0.15) is 15.9 Å². The predicted octanol–water partition coefficient (Wildman–Crippen LogP) is 1.90. The van der Waals surface area contributed by atoms with Crippen LogP contribution in [0.5, 0.6) is 23.0 Å². The molecule has 0 bridgehead atoms. The van der Waals surface area contributed by atoms with Gasteiger partial charge in [0, 0.05) is 6.54 Å². The maximum absolute atomic E-state index is 12.0. The summed E-state index contributed by atoms with van der Waals surface area (Å²) < 4.78 is 21.6. The summed E-state index contributed by atoms with van der Waals surface area (Å²) in [6, 6.07) is 9.90. The molecule has 0 fully saturated rings. The summed E-state index contributed by atoms with van der Waals surface area (Å²) in [6.07, 6.45) is 0.638. The van der Waals surface area contributed by atoms with E-state index in [1.165, 1.54) is 25.3 Å². The summed E-state index contributed by atoms with van der Waals surface area (Å²) in [5.74, 6) is 0.646. The van der Waals surface area contributed by atoms with Gasteiger partial charge in [-0.3, -0.25) is 4.79 Å². The van der Waals surface area contributed by atoms with E-state index >= 15 is 0 Å². The fourth-order valence-electron chi connectivity index (χ4n) is 2.70. The van der Waals surface area contributed by atoms with Crippen LogP contribution in [0.15, 0.2) is 36.4 Å². The Balaban J connectivity index is 1.47. The van der Waals surface area contributed by atoms with Gasteiger partial charge in [-0.25, -0.2) is 4.79 Å². The van der Waals surface area contributed by atoms with Crippen molar-refractivity contribution in [3.8, 4) is 23.0 Å². The maximum Gasteiger partial charge on any atom is 0.335 e. The van der Waals surface area contributed by atoms with E-state index in [2.05, 4.69) is 5.32 Å². The zero-order valence-electron chi connectivity index (χ0n) is 15.4. The van der Waals surface area contributed by atoms with Gasteiger partial charge in [-0.2, -0.15) is 0 Å². The lowest BCUT2D eigenvalue weighted by molar-refractivity contribution is -0.123. The van der Waals surface area contributed by atoms with Crippen molar-refractivity contribution in [3.05, 3.63) is 47.5 Å². The molecule has 3 rings (SSSR count). The number of amides is 1. The van der Waals surface area contributed by atoms with E-state index in [9.17, 15) is 9.59 Å². The van der Waals surface area contributed by atoms with Crippen LogP contribution in [0.25, 0.3) is 0 Å². The molecule has 2 N–H and O–H groups in total. The monoisotopic (exact) mass is 387 g/mol. The molecule has 148 valence electrons. The largest absolute Gasteiger partial charge is 0.493 e. The van der Waals surface area contributed by atoms with E-state index in [0.717, 1.165) is 17.1 Å². The number of carbonyl (C=O) groups excluding carboxylic acids is 1. The van der Waals surface area contributed by atoms with Gasteiger partial charge in [0.1, 0.15) is 13.2 Å². The van der Waals surface area contributed by atoms with Crippen molar-refractivity contribution in [2.75, 3.05) is 33.5 Å². The Hall–Kier alpha value is -3.42. The molecule has 8 heteroatoms. The van der Waals surface area contributed by atoms with E-state index in [4.69, 9.17) is 24.1 Å². The average Bonchev–Trinajstić information content (AvgIpc) is 2.72. The second-order valence-corrected chi connectivity index (χ2v) is 6.04. The van der Waals surface area contributed by atoms with Crippen LogP contribution in [0, 0.1) is 0 Å². The maximum atomic E-state index is 12.0. The van der Waals surface area contributed by atoms with E-state index in [1.807, 2.05) is 18.2 Å². The van der Waals surface area contributed by atoms with Crippen molar-refractivity contribution in [2.45, 2.75) is 6.42 Å². The minimum Gasteiger partial charge on any atom is -0.493 e. The predicted molar refractivity (Wildman–Crippen MR) is 99.6 cm³/mol. The number of fused-ring (bicyclic) bond motifs is 1. The van der Waals surface area contributed by atoms with Gasteiger partial charge < -0.3 is 29.4 Å². The van der Waals surface area contributed by atoms with Crippen LogP contribution in [-0.4, -0.2) is 50.5 Å². The summed E-state index contributed by atoms with van der Waals surface area (Å²) >= 11 is 0. The second-order valence-electron chi connectivity index (χ2n) is 6.04. The molecule has 2 aromatic rings. The number of carboxylic acids is 1. The fraction of sp³-hybridized carbons (Fsp3) is 0.300. The lowest BCUT2D eigenvalue weighted by atomic mass is 10.1. The highest BCUT2D eigenvalue weighted by atomic mass is 16.6. The first-order valence-electron chi connectivity index (χ1n) is 8.76. The van der Waals surface area contributed by atoms with Crippen molar-refractivity contribution < 1.29 is 33.6 Å². The first-order chi connectivity index (χ1) is 13.6. The lowest BCUT2D eigenvalue weighted by Gasteiger charge is -2.18. The van der Waals surface area contributed by atoms with Crippen LogP contribution < -0.4 is 24.3 Å². The Bertz CT molecular complexity index is 866. The minimum absolute atomic E-state index is 0.0769. The number of ether oxygens (including phenoxy) is 4. The molecule has 0 atom stereocenters. The van der Waals surface area contributed by atoms with Gasteiger partial charge in [0.05, 0.1) is 12.7 Å². The molecule has 8 nitrogen and oxygen atoms in total. The molecule has 0 spiro atoms. The third-order valence-corrected chi connectivity index (χ3v) is 4.11. The van der Waals surface area contributed by atoms with Crippen molar-refractivity contribution in [1.82, 2.24) is 5.32 Å². The minimum atomic E-state index is -1.07. The van der Waals surface area contributed by atoms with Gasteiger partial charge in [0.25, 0.3) is 5.91 Å². The molecule has 0 aromatic heterocycles. The fourth-order valence-corrected chi connectivity index (χ4v) is 2.70. The van der Waals surface area contributed by atoms with Crippen molar-refractivity contribution in [3.63, 3.8) is 0 Å². The molecular weight excluding hydrogens is 366 g/mol. The molecule has 0 saturated heterocycles. The first kappa shape index (κ1) is 19.3. The number of aromatic carboxylic acids is 1. The lowest BCUT2D eigenvalue weighted by Crippen LogP contribution is -2.30. The Morgan fingerprint density at radius 1 is 1.07 bits per heavy atom. The summed E-state index contributed by atoms with van der Waals surface area (Å²) in [5.41, 5.74) is 1.10. The molecule has 1 aliphatic heterocycles. The molecule has 0 saturated carbocycles. The van der Waals surface area contributed by atoms with Gasteiger partial charge in [-0.1, -0.05) is 6.07 Å². The topological polar surface area (TPSA) is 103 Å². The van der Waals surface area contributed by atoms with Crippen LogP contribution in [-0.2, 0) is 11.2 Å². The Kier molecular flexibility index (Phi) is 6.21. The highest BCUT2D eigenvalue weighted by molar-refractivity contribution is 5.88. The van der Waals surface area contributed by atoms with Crippen LogP contribution in [0.4, 0.5) is 0 Å². The Morgan fingerprint density at radius 3 is 2.61 bits per heavy atom. The molecule has 0 aliphatic carbocycles. The highest BCUT2D eigenvalue weighted by Crippen LogP contribution is 2.31. The normalized spacial score (nSPS) is 12.2. The summed E-state index contributed by atoms with van der Waals surface area (Å²) in [4.78, 5) is 23.0. The van der Waals surface area contributed by atoms with Crippen molar-refractivity contribution in [2.24, 2.45) is 0 Å². The zero-order valence-corrected chi connectivity index (χ0v) is 15.4. The quantitative estimate of drug-likeness (QED) is 0.713. The summed E-state index contributed by atoms with van der Waals surface area (Å²) in [7, 11) is 1.40. The third kappa shape index (κ3) is 4.85. The van der Waals surface area contributed by atoms with E-state index in [1.54, 1.807) is 0 Å². The number of nitrogens with one attached hydrogen (secondary N) is 1. The zero-order chi connectivity index (χ0) is 19.9. The number of hydrogen-bond donors (Lipinski definition) is 2. The smallest absolute Gasteiger partial charge is 0.335 e. The van der Waals surface area contributed by atoms with Gasteiger partial charge in [-0.05, 0) is 42.3 Å². The van der Waals surface area contributed by atoms with Crippen molar-refractivity contribution >= 4 is 11.9 Å². The van der Waals surface area contributed by atoms with E-state index in [0.29, 0.717) is 31.9 Å². The molecule has 1 aliphatic rings. The van der Waals surface area contributed by atoms with Gasteiger partial charge in [-0.15, -0.1) is 0 Å². The highest BCUT2D eigenvalue weighted by Gasteiger charge is 2.13. The van der Waals surface area contributed by atoms with Gasteiger partial charge in [0.15, 0.2) is 29.6 Å². The number of benzene rings is 2.